The highest BCUT2D eigenvalue weighted by Crippen LogP contribution is 2.32. The average Bonchev–Trinajstić information content (AvgIpc) is 2.49. The molecule has 0 aromatic carbocycles. The molecule has 0 heterocycles. The van der Waals surface area contributed by atoms with Crippen molar-refractivity contribution in [2.45, 2.75) is 37.0 Å². The summed E-state index contributed by atoms with van der Waals surface area (Å²) >= 11 is 0. The number of hydrogen-bond acceptors (Lipinski definition) is 4. The van der Waals surface area contributed by atoms with Gasteiger partial charge in [-0.15, -0.1) is 0 Å². The van der Waals surface area contributed by atoms with Gasteiger partial charge in [0.05, 0.1) is 11.9 Å². The molecule has 2 atom stereocenters. The number of methoxy groups -OCH3 is 1. The van der Waals surface area contributed by atoms with E-state index in [1.54, 1.807) is 14.0 Å². The van der Waals surface area contributed by atoms with Crippen molar-refractivity contribution in [3.63, 3.8) is 0 Å². The second kappa shape index (κ2) is 4.16. The second-order valence-electron chi connectivity index (χ2n) is 4.11. The number of rotatable bonds is 4. The molecule has 1 aliphatic rings. The summed E-state index contributed by atoms with van der Waals surface area (Å²) in [4.78, 5) is 0. The third-order valence-corrected chi connectivity index (χ3v) is 5.16. The molecule has 0 aliphatic heterocycles. The summed E-state index contributed by atoms with van der Waals surface area (Å²) in [5.74, 6) is 0.209. The number of hydrogen-bond donors (Lipinski definition) is 1. The minimum atomic E-state index is -2.92. The Hall–Kier alpha value is -0.130. The third kappa shape index (κ3) is 2.46. The van der Waals surface area contributed by atoms with Gasteiger partial charge in [-0.3, -0.25) is 0 Å². The first-order valence-electron chi connectivity index (χ1n) is 4.93. The van der Waals surface area contributed by atoms with Gasteiger partial charge < -0.3 is 10.5 Å². The fraction of sp³-hybridized carbons (Fsp3) is 1.00. The van der Waals surface area contributed by atoms with Crippen LogP contribution in [0.4, 0.5) is 0 Å². The first kappa shape index (κ1) is 11.9. The van der Waals surface area contributed by atoms with Crippen LogP contribution in [0.1, 0.15) is 26.2 Å². The van der Waals surface area contributed by atoms with E-state index in [1.807, 2.05) is 0 Å². The van der Waals surface area contributed by atoms with Gasteiger partial charge in [-0.1, -0.05) is 6.92 Å². The maximum atomic E-state index is 11.6. The van der Waals surface area contributed by atoms with E-state index >= 15 is 0 Å². The highest BCUT2D eigenvalue weighted by Gasteiger charge is 2.41. The first-order valence-corrected chi connectivity index (χ1v) is 6.64. The molecule has 14 heavy (non-hydrogen) atoms. The topological polar surface area (TPSA) is 69.4 Å². The van der Waals surface area contributed by atoms with Crippen molar-refractivity contribution >= 4 is 9.84 Å². The van der Waals surface area contributed by atoms with Crippen LogP contribution in [0.2, 0.25) is 0 Å². The van der Waals surface area contributed by atoms with Gasteiger partial charge in [0.25, 0.3) is 0 Å². The Labute approximate surface area is 85.7 Å². The van der Waals surface area contributed by atoms with E-state index in [-0.39, 0.29) is 11.0 Å². The van der Waals surface area contributed by atoms with Crippen molar-refractivity contribution < 1.29 is 13.2 Å². The van der Waals surface area contributed by atoms with Crippen molar-refractivity contribution in [3.8, 4) is 0 Å². The zero-order valence-corrected chi connectivity index (χ0v) is 9.64. The van der Waals surface area contributed by atoms with E-state index in [2.05, 4.69) is 0 Å². The van der Waals surface area contributed by atoms with Gasteiger partial charge in [0.1, 0.15) is 0 Å². The summed E-state index contributed by atoms with van der Waals surface area (Å²) in [6.45, 7) is 2.13. The summed E-state index contributed by atoms with van der Waals surface area (Å²) in [7, 11) is -1.33. The van der Waals surface area contributed by atoms with E-state index in [9.17, 15) is 8.42 Å². The summed E-state index contributed by atoms with van der Waals surface area (Å²) < 4.78 is 28.2. The summed E-state index contributed by atoms with van der Waals surface area (Å²) in [5, 5.41) is -0.257. The molecular weight excluding hydrogens is 202 g/mol. The standard InChI is InChI=1S/C9H19NO3S/c1-3-14(11,12)8-4-5-9(10,6-8)7-13-2/h8H,3-7,10H2,1-2H3/t8-,9-/m1/s1. The molecule has 0 spiro atoms. The van der Waals surface area contributed by atoms with E-state index < -0.39 is 15.4 Å². The Morgan fingerprint density at radius 1 is 1.57 bits per heavy atom. The minimum absolute atomic E-state index is 0.209. The lowest BCUT2D eigenvalue weighted by atomic mass is 10.0. The number of ether oxygens (including phenoxy) is 1. The van der Waals surface area contributed by atoms with Crippen molar-refractivity contribution in [1.29, 1.82) is 0 Å². The van der Waals surface area contributed by atoms with Crippen LogP contribution >= 0.6 is 0 Å². The lowest BCUT2D eigenvalue weighted by molar-refractivity contribution is 0.135. The van der Waals surface area contributed by atoms with Crippen molar-refractivity contribution in [2.75, 3.05) is 19.5 Å². The van der Waals surface area contributed by atoms with Crippen LogP contribution < -0.4 is 5.73 Å². The Morgan fingerprint density at radius 2 is 2.21 bits per heavy atom. The molecule has 1 rings (SSSR count). The molecule has 0 unspecified atom stereocenters. The lowest BCUT2D eigenvalue weighted by Gasteiger charge is -2.22. The maximum Gasteiger partial charge on any atom is 0.152 e. The number of sulfone groups is 1. The molecule has 0 radical (unpaired) electrons. The molecule has 1 saturated carbocycles. The van der Waals surface area contributed by atoms with Crippen LogP contribution in [-0.4, -0.2) is 38.7 Å². The van der Waals surface area contributed by atoms with Gasteiger partial charge in [-0.2, -0.15) is 0 Å². The summed E-state index contributed by atoms with van der Waals surface area (Å²) in [6, 6.07) is 0. The Kier molecular flexibility index (Phi) is 3.55. The van der Waals surface area contributed by atoms with E-state index in [0.29, 0.717) is 19.4 Å². The molecule has 0 aromatic rings. The Morgan fingerprint density at radius 3 is 2.71 bits per heavy atom. The quantitative estimate of drug-likeness (QED) is 0.742. The van der Waals surface area contributed by atoms with E-state index in [1.165, 1.54) is 0 Å². The van der Waals surface area contributed by atoms with Crippen LogP contribution in [0.25, 0.3) is 0 Å². The molecular formula is C9H19NO3S. The third-order valence-electron chi connectivity index (χ3n) is 2.94. The molecule has 1 aliphatic carbocycles. The molecule has 0 bridgehead atoms. The molecule has 84 valence electrons. The van der Waals surface area contributed by atoms with E-state index in [4.69, 9.17) is 10.5 Å². The Balaban J connectivity index is 2.66. The van der Waals surface area contributed by atoms with Gasteiger partial charge in [-0.25, -0.2) is 8.42 Å². The minimum Gasteiger partial charge on any atom is -0.383 e. The lowest BCUT2D eigenvalue weighted by Crippen LogP contribution is -2.42. The molecule has 5 heteroatoms. The van der Waals surface area contributed by atoms with Gasteiger partial charge in [0, 0.05) is 18.4 Å². The fourth-order valence-corrected chi connectivity index (χ4v) is 3.60. The first-order chi connectivity index (χ1) is 6.43. The predicted octanol–water partition coefficient (Wildman–Crippen LogP) is 0.317. The zero-order valence-electron chi connectivity index (χ0n) is 8.82. The molecule has 4 nitrogen and oxygen atoms in total. The van der Waals surface area contributed by atoms with Crippen molar-refractivity contribution in [1.82, 2.24) is 0 Å². The van der Waals surface area contributed by atoms with Crippen LogP contribution in [0.3, 0.4) is 0 Å². The van der Waals surface area contributed by atoms with Gasteiger partial charge >= 0.3 is 0 Å². The Bertz CT molecular complexity index is 288. The van der Waals surface area contributed by atoms with Crippen molar-refractivity contribution in [3.05, 3.63) is 0 Å². The summed E-state index contributed by atoms with van der Waals surface area (Å²) in [5.41, 5.74) is 5.59. The SMILES string of the molecule is CCS(=O)(=O)[C@@H]1CC[C@](N)(COC)C1. The second-order valence-corrected chi connectivity index (χ2v) is 6.68. The number of nitrogens with two attached hydrogens (primary N) is 1. The van der Waals surface area contributed by atoms with Crippen LogP contribution in [-0.2, 0) is 14.6 Å². The van der Waals surface area contributed by atoms with Gasteiger partial charge in [-0.05, 0) is 19.3 Å². The molecule has 1 fully saturated rings. The van der Waals surface area contributed by atoms with Crippen LogP contribution in [0.5, 0.6) is 0 Å². The largest absolute Gasteiger partial charge is 0.383 e. The van der Waals surface area contributed by atoms with Crippen LogP contribution in [0.15, 0.2) is 0 Å². The van der Waals surface area contributed by atoms with Gasteiger partial charge in [0.15, 0.2) is 9.84 Å². The zero-order chi connectivity index (χ0) is 10.8. The van der Waals surface area contributed by atoms with E-state index in [0.717, 1.165) is 6.42 Å². The summed E-state index contributed by atoms with van der Waals surface area (Å²) in [6.07, 6.45) is 1.96. The van der Waals surface area contributed by atoms with Gasteiger partial charge in [0.2, 0.25) is 0 Å². The highest BCUT2D eigenvalue weighted by atomic mass is 32.2. The smallest absolute Gasteiger partial charge is 0.152 e. The average molecular weight is 221 g/mol. The monoisotopic (exact) mass is 221 g/mol. The molecule has 0 saturated heterocycles. The molecule has 0 amide bonds. The normalized spacial score (nSPS) is 33.5. The van der Waals surface area contributed by atoms with Crippen LogP contribution in [0, 0.1) is 0 Å². The molecule has 0 aromatic heterocycles. The van der Waals surface area contributed by atoms with Crippen molar-refractivity contribution in [2.24, 2.45) is 5.73 Å². The maximum absolute atomic E-state index is 11.6. The highest BCUT2D eigenvalue weighted by molar-refractivity contribution is 7.92. The fourth-order valence-electron chi connectivity index (χ4n) is 2.07. The molecule has 2 N–H and O–H groups in total. The predicted molar refractivity (Wildman–Crippen MR) is 55.9 cm³/mol.